The van der Waals surface area contributed by atoms with Gasteiger partial charge in [-0.05, 0) is 31.9 Å². The van der Waals surface area contributed by atoms with E-state index in [4.69, 9.17) is 10.9 Å². The lowest BCUT2D eigenvalue weighted by atomic mass is 9.96. The molecule has 20 heavy (non-hydrogen) atoms. The van der Waals surface area contributed by atoms with Gasteiger partial charge in [0.05, 0.1) is 5.56 Å². The molecule has 108 valence electrons. The number of aryl methyl sites for hydroxylation is 1. The van der Waals surface area contributed by atoms with Crippen LogP contribution in [0.1, 0.15) is 28.8 Å². The molecule has 0 aliphatic carbocycles. The maximum absolute atomic E-state index is 12.5. The van der Waals surface area contributed by atoms with Crippen molar-refractivity contribution in [3.05, 3.63) is 29.3 Å². The number of phenols is 1. The number of nitrogens with zero attached hydrogens (tertiary/aromatic N) is 2. The van der Waals surface area contributed by atoms with Gasteiger partial charge in [-0.3, -0.25) is 4.79 Å². The summed E-state index contributed by atoms with van der Waals surface area (Å²) in [5, 5.41) is 21.6. The topological polar surface area (TPSA) is 99.2 Å². The number of aromatic hydroxyl groups is 1. The number of benzene rings is 1. The van der Waals surface area contributed by atoms with Crippen LogP contribution in [-0.4, -0.2) is 40.0 Å². The highest BCUT2D eigenvalue weighted by molar-refractivity contribution is 5.97. The van der Waals surface area contributed by atoms with Crippen LogP contribution >= 0.6 is 0 Å². The lowest BCUT2D eigenvalue weighted by Gasteiger charge is -2.32. The minimum Gasteiger partial charge on any atom is -0.507 e. The second-order valence-corrected chi connectivity index (χ2v) is 5.14. The predicted octanol–water partition coefficient (Wildman–Crippen LogP) is 1.30. The van der Waals surface area contributed by atoms with Crippen LogP contribution in [0.5, 0.6) is 5.75 Å². The van der Waals surface area contributed by atoms with Crippen molar-refractivity contribution in [1.29, 1.82) is 0 Å². The third-order valence-electron chi connectivity index (χ3n) is 3.62. The number of carbonyl (C=O) groups is 1. The summed E-state index contributed by atoms with van der Waals surface area (Å²) in [6.45, 7) is 2.88. The number of piperidine rings is 1. The number of amides is 1. The lowest BCUT2D eigenvalue weighted by Crippen LogP contribution is -2.44. The molecule has 1 fully saturated rings. The first-order valence-electron chi connectivity index (χ1n) is 6.59. The van der Waals surface area contributed by atoms with Crippen molar-refractivity contribution < 1.29 is 15.1 Å². The number of phenolic OH excluding ortho intramolecular Hbond substituents is 1. The summed E-state index contributed by atoms with van der Waals surface area (Å²) in [6.07, 6.45) is 1.58. The molecule has 0 saturated carbocycles. The SMILES string of the molecule is Cc1ccc(O)c(C(=O)N2CCCC(C(N)=NO)C2)c1. The van der Waals surface area contributed by atoms with E-state index < -0.39 is 0 Å². The maximum Gasteiger partial charge on any atom is 0.257 e. The Labute approximate surface area is 117 Å². The summed E-state index contributed by atoms with van der Waals surface area (Å²) in [4.78, 5) is 14.1. The van der Waals surface area contributed by atoms with Gasteiger partial charge in [-0.2, -0.15) is 0 Å². The van der Waals surface area contributed by atoms with E-state index in [0.29, 0.717) is 18.7 Å². The summed E-state index contributed by atoms with van der Waals surface area (Å²) in [5.41, 5.74) is 6.82. The molecule has 0 radical (unpaired) electrons. The Morgan fingerprint density at radius 2 is 2.25 bits per heavy atom. The molecule has 1 atom stereocenters. The van der Waals surface area contributed by atoms with Gasteiger partial charge in [0.1, 0.15) is 11.6 Å². The van der Waals surface area contributed by atoms with Gasteiger partial charge in [0.15, 0.2) is 0 Å². The summed E-state index contributed by atoms with van der Waals surface area (Å²) in [6, 6.07) is 4.94. The van der Waals surface area contributed by atoms with Crippen molar-refractivity contribution in [2.24, 2.45) is 16.8 Å². The second kappa shape index (κ2) is 5.81. The molecule has 1 aromatic carbocycles. The van der Waals surface area contributed by atoms with E-state index in [9.17, 15) is 9.90 Å². The molecule has 1 amide bonds. The number of hydrogen-bond acceptors (Lipinski definition) is 4. The standard InChI is InChI=1S/C14H19N3O3/c1-9-4-5-12(18)11(7-9)14(19)17-6-2-3-10(8-17)13(15)16-20/h4-5,7,10,18,20H,2-3,6,8H2,1H3,(H2,15,16). The largest absolute Gasteiger partial charge is 0.507 e. The van der Waals surface area contributed by atoms with Gasteiger partial charge < -0.3 is 20.9 Å². The van der Waals surface area contributed by atoms with Crippen LogP contribution in [-0.2, 0) is 0 Å². The number of rotatable bonds is 2. The summed E-state index contributed by atoms with van der Waals surface area (Å²) in [5.74, 6) is -0.228. The van der Waals surface area contributed by atoms with E-state index in [1.54, 1.807) is 17.0 Å². The second-order valence-electron chi connectivity index (χ2n) is 5.14. The van der Waals surface area contributed by atoms with E-state index in [-0.39, 0.29) is 23.4 Å². The van der Waals surface area contributed by atoms with Gasteiger partial charge in [-0.15, -0.1) is 0 Å². The Balaban J connectivity index is 2.18. The molecular weight excluding hydrogens is 258 g/mol. The van der Waals surface area contributed by atoms with E-state index in [1.165, 1.54) is 6.07 Å². The highest BCUT2D eigenvalue weighted by Crippen LogP contribution is 2.24. The average Bonchev–Trinajstić information content (AvgIpc) is 2.48. The Morgan fingerprint density at radius 1 is 1.50 bits per heavy atom. The van der Waals surface area contributed by atoms with Gasteiger partial charge in [0.2, 0.25) is 0 Å². The molecule has 1 aliphatic heterocycles. The Hall–Kier alpha value is -2.24. The molecule has 0 aromatic heterocycles. The van der Waals surface area contributed by atoms with Crippen LogP contribution in [0.2, 0.25) is 0 Å². The van der Waals surface area contributed by atoms with Crippen LogP contribution in [0.25, 0.3) is 0 Å². The number of nitrogens with two attached hydrogens (primary N) is 1. The van der Waals surface area contributed by atoms with Crippen LogP contribution in [0.4, 0.5) is 0 Å². The van der Waals surface area contributed by atoms with E-state index >= 15 is 0 Å². The van der Waals surface area contributed by atoms with Gasteiger partial charge in [-0.1, -0.05) is 16.8 Å². The molecule has 6 heteroatoms. The van der Waals surface area contributed by atoms with E-state index in [2.05, 4.69) is 5.16 Å². The molecule has 6 nitrogen and oxygen atoms in total. The number of hydrogen-bond donors (Lipinski definition) is 3. The smallest absolute Gasteiger partial charge is 0.257 e. The third-order valence-corrected chi connectivity index (χ3v) is 3.62. The quantitative estimate of drug-likeness (QED) is 0.328. The predicted molar refractivity (Wildman–Crippen MR) is 74.9 cm³/mol. The van der Waals surface area contributed by atoms with Crippen molar-refractivity contribution >= 4 is 11.7 Å². The number of likely N-dealkylation sites (tertiary alicyclic amines) is 1. The molecule has 0 spiro atoms. The zero-order chi connectivity index (χ0) is 14.7. The monoisotopic (exact) mass is 277 g/mol. The van der Waals surface area contributed by atoms with E-state index in [0.717, 1.165) is 18.4 Å². The highest BCUT2D eigenvalue weighted by Gasteiger charge is 2.28. The lowest BCUT2D eigenvalue weighted by molar-refractivity contribution is 0.0698. The first-order chi connectivity index (χ1) is 9.52. The Morgan fingerprint density at radius 3 is 2.95 bits per heavy atom. The normalized spacial score (nSPS) is 19.9. The first-order valence-corrected chi connectivity index (χ1v) is 6.59. The summed E-state index contributed by atoms with van der Waals surface area (Å²) in [7, 11) is 0. The van der Waals surface area contributed by atoms with Crippen molar-refractivity contribution in [2.75, 3.05) is 13.1 Å². The van der Waals surface area contributed by atoms with Gasteiger partial charge in [0, 0.05) is 19.0 Å². The van der Waals surface area contributed by atoms with Crippen molar-refractivity contribution in [2.45, 2.75) is 19.8 Å². The summed E-state index contributed by atoms with van der Waals surface area (Å²) >= 11 is 0. The molecule has 1 unspecified atom stereocenters. The molecule has 1 aliphatic rings. The number of amidine groups is 1. The van der Waals surface area contributed by atoms with Crippen molar-refractivity contribution in [3.8, 4) is 5.75 Å². The van der Waals surface area contributed by atoms with Crippen LogP contribution in [0.3, 0.4) is 0 Å². The number of oxime groups is 1. The fourth-order valence-corrected chi connectivity index (χ4v) is 2.48. The Kier molecular flexibility index (Phi) is 4.12. The molecule has 4 N–H and O–H groups in total. The molecule has 1 aromatic rings. The van der Waals surface area contributed by atoms with Crippen molar-refractivity contribution in [3.63, 3.8) is 0 Å². The molecular formula is C14H19N3O3. The zero-order valence-electron chi connectivity index (χ0n) is 11.4. The molecule has 2 rings (SSSR count). The van der Waals surface area contributed by atoms with Gasteiger partial charge >= 0.3 is 0 Å². The highest BCUT2D eigenvalue weighted by atomic mass is 16.4. The minimum absolute atomic E-state index is 0.0217. The van der Waals surface area contributed by atoms with Gasteiger partial charge in [-0.25, -0.2) is 0 Å². The average molecular weight is 277 g/mol. The van der Waals surface area contributed by atoms with E-state index in [1.807, 2.05) is 6.92 Å². The number of carbonyl (C=O) groups excluding carboxylic acids is 1. The Bertz CT molecular complexity index is 542. The van der Waals surface area contributed by atoms with Crippen LogP contribution < -0.4 is 5.73 Å². The minimum atomic E-state index is -0.221. The maximum atomic E-state index is 12.5. The molecule has 1 heterocycles. The zero-order valence-corrected chi connectivity index (χ0v) is 11.4. The van der Waals surface area contributed by atoms with Crippen LogP contribution in [0, 0.1) is 12.8 Å². The molecule has 1 saturated heterocycles. The third kappa shape index (κ3) is 2.84. The van der Waals surface area contributed by atoms with Crippen molar-refractivity contribution in [1.82, 2.24) is 4.90 Å². The molecule has 0 bridgehead atoms. The first kappa shape index (κ1) is 14.2. The van der Waals surface area contributed by atoms with Gasteiger partial charge in [0.25, 0.3) is 5.91 Å². The summed E-state index contributed by atoms with van der Waals surface area (Å²) < 4.78 is 0. The fraction of sp³-hybridized carbons (Fsp3) is 0.429. The fourth-order valence-electron chi connectivity index (χ4n) is 2.48. The van der Waals surface area contributed by atoms with Crippen LogP contribution in [0.15, 0.2) is 23.4 Å².